The van der Waals surface area contributed by atoms with Gasteiger partial charge in [0, 0.05) is 6.42 Å². The lowest BCUT2D eigenvalue weighted by Gasteiger charge is -1.67. The standard InChI is InChI=1S/C5H10.C3H6O/c1-2-4-5-3-1;1-2-3-4/h1-5H2;3H,2H2,1H3. The molecule has 0 unspecified atom stereocenters. The molecule has 0 saturated heterocycles. The zero-order valence-electron chi connectivity index (χ0n) is 6.23. The number of aldehydes is 1. The predicted molar refractivity (Wildman–Crippen MR) is 39.4 cm³/mol. The van der Waals surface area contributed by atoms with Gasteiger partial charge in [0.25, 0.3) is 0 Å². The van der Waals surface area contributed by atoms with Gasteiger partial charge in [0.1, 0.15) is 6.29 Å². The van der Waals surface area contributed by atoms with E-state index in [1.54, 1.807) is 0 Å². The Bertz CT molecular complexity index is 48.0. The van der Waals surface area contributed by atoms with E-state index in [-0.39, 0.29) is 0 Å². The molecule has 0 atom stereocenters. The van der Waals surface area contributed by atoms with Crippen LogP contribution >= 0.6 is 0 Å². The number of hydrogen-bond acceptors (Lipinski definition) is 1. The molecule has 1 aliphatic carbocycles. The van der Waals surface area contributed by atoms with Gasteiger partial charge in [-0.2, -0.15) is 0 Å². The van der Waals surface area contributed by atoms with Gasteiger partial charge in [0.2, 0.25) is 0 Å². The van der Waals surface area contributed by atoms with Crippen molar-refractivity contribution in [3.8, 4) is 0 Å². The molecule has 0 amide bonds. The monoisotopic (exact) mass is 128 g/mol. The lowest BCUT2D eigenvalue weighted by Crippen LogP contribution is -1.55. The lowest BCUT2D eigenvalue weighted by atomic mass is 10.4. The topological polar surface area (TPSA) is 17.1 Å². The van der Waals surface area contributed by atoms with Gasteiger partial charge >= 0.3 is 0 Å². The molecule has 0 radical (unpaired) electrons. The highest BCUT2D eigenvalue weighted by Crippen LogP contribution is 2.15. The van der Waals surface area contributed by atoms with E-state index < -0.39 is 0 Å². The van der Waals surface area contributed by atoms with E-state index >= 15 is 0 Å². The van der Waals surface area contributed by atoms with Crippen molar-refractivity contribution in [2.24, 2.45) is 0 Å². The maximum absolute atomic E-state index is 9.17. The summed E-state index contributed by atoms with van der Waals surface area (Å²) in [5, 5.41) is 0. The quantitative estimate of drug-likeness (QED) is 0.496. The van der Waals surface area contributed by atoms with Crippen LogP contribution < -0.4 is 0 Å². The molecule has 0 aliphatic heterocycles. The van der Waals surface area contributed by atoms with Gasteiger partial charge in [-0.25, -0.2) is 0 Å². The van der Waals surface area contributed by atoms with E-state index in [1.807, 2.05) is 6.92 Å². The first-order chi connectivity index (χ1) is 4.41. The van der Waals surface area contributed by atoms with E-state index in [9.17, 15) is 4.79 Å². The van der Waals surface area contributed by atoms with Crippen molar-refractivity contribution >= 4 is 6.29 Å². The molecule has 0 aromatic heterocycles. The molecule has 1 heteroatoms. The van der Waals surface area contributed by atoms with Crippen LogP contribution in [0.5, 0.6) is 0 Å². The third-order valence-corrected chi connectivity index (χ3v) is 1.42. The van der Waals surface area contributed by atoms with Gasteiger partial charge < -0.3 is 4.79 Å². The van der Waals surface area contributed by atoms with Crippen LogP contribution in [0.2, 0.25) is 0 Å². The summed E-state index contributed by atoms with van der Waals surface area (Å²) in [6.07, 6.45) is 9.01. The van der Waals surface area contributed by atoms with Gasteiger partial charge in [-0.3, -0.25) is 0 Å². The molecular formula is C8H16O. The minimum atomic E-state index is 0.639. The van der Waals surface area contributed by atoms with Crippen molar-refractivity contribution in [2.45, 2.75) is 45.4 Å². The minimum Gasteiger partial charge on any atom is -0.303 e. The summed E-state index contributed by atoms with van der Waals surface area (Å²) < 4.78 is 0. The van der Waals surface area contributed by atoms with Gasteiger partial charge in [0.15, 0.2) is 0 Å². The highest BCUT2D eigenvalue weighted by molar-refractivity contribution is 5.48. The fraction of sp³-hybridized carbons (Fsp3) is 0.875. The second kappa shape index (κ2) is 7.67. The molecule has 0 aromatic carbocycles. The van der Waals surface area contributed by atoms with E-state index in [1.165, 1.54) is 32.1 Å². The normalized spacial score (nSPS) is 16.1. The number of rotatable bonds is 1. The Morgan fingerprint density at radius 1 is 1.11 bits per heavy atom. The first-order valence-corrected chi connectivity index (χ1v) is 3.85. The third kappa shape index (κ3) is 7.67. The fourth-order valence-corrected chi connectivity index (χ4v) is 0.884. The number of hydrogen-bond donors (Lipinski definition) is 0. The molecule has 0 spiro atoms. The Kier molecular flexibility index (Phi) is 7.39. The molecule has 0 aromatic rings. The zero-order valence-corrected chi connectivity index (χ0v) is 6.23. The Hall–Kier alpha value is -0.330. The Balaban J connectivity index is 0.000000148. The van der Waals surface area contributed by atoms with E-state index in [2.05, 4.69) is 0 Å². The van der Waals surface area contributed by atoms with Crippen molar-refractivity contribution in [3.05, 3.63) is 0 Å². The molecule has 1 rings (SSSR count). The highest BCUT2D eigenvalue weighted by Gasteiger charge is 1.95. The summed E-state index contributed by atoms with van der Waals surface area (Å²) in [5.41, 5.74) is 0. The van der Waals surface area contributed by atoms with Crippen LogP contribution in [-0.2, 0) is 4.79 Å². The van der Waals surface area contributed by atoms with Gasteiger partial charge in [-0.1, -0.05) is 39.0 Å². The van der Waals surface area contributed by atoms with Crippen molar-refractivity contribution in [1.82, 2.24) is 0 Å². The van der Waals surface area contributed by atoms with E-state index in [0.29, 0.717) is 6.42 Å². The predicted octanol–water partition coefficient (Wildman–Crippen LogP) is 2.55. The second-order valence-electron chi connectivity index (χ2n) is 2.34. The molecular weight excluding hydrogens is 112 g/mol. The minimum absolute atomic E-state index is 0.639. The van der Waals surface area contributed by atoms with Gasteiger partial charge in [-0.05, 0) is 0 Å². The van der Waals surface area contributed by atoms with Crippen molar-refractivity contribution in [2.75, 3.05) is 0 Å². The largest absolute Gasteiger partial charge is 0.303 e. The van der Waals surface area contributed by atoms with Crippen molar-refractivity contribution in [3.63, 3.8) is 0 Å². The molecule has 1 fully saturated rings. The first-order valence-electron chi connectivity index (χ1n) is 3.85. The summed E-state index contributed by atoms with van der Waals surface area (Å²) in [4.78, 5) is 9.17. The summed E-state index contributed by atoms with van der Waals surface area (Å²) in [7, 11) is 0. The van der Waals surface area contributed by atoms with Crippen LogP contribution in [0.25, 0.3) is 0 Å². The average Bonchev–Trinajstić information content (AvgIpc) is 2.43. The average molecular weight is 128 g/mol. The summed E-state index contributed by atoms with van der Waals surface area (Å²) >= 11 is 0. The molecule has 9 heavy (non-hydrogen) atoms. The molecule has 1 nitrogen and oxygen atoms in total. The lowest BCUT2D eigenvalue weighted by molar-refractivity contribution is -0.107. The van der Waals surface area contributed by atoms with Gasteiger partial charge in [0.05, 0.1) is 0 Å². The summed E-state index contributed by atoms with van der Waals surface area (Å²) in [6, 6.07) is 0. The van der Waals surface area contributed by atoms with Crippen LogP contribution in [0.15, 0.2) is 0 Å². The smallest absolute Gasteiger partial charge is 0.119 e. The Labute approximate surface area is 57.5 Å². The summed E-state index contributed by atoms with van der Waals surface area (Å²) in [6.45, 7) is 1.81. The highest BCUT2D eigenvalue weighted by atomic mass is 16.1. The Morgan fingerprint density at radius 3 is 1.44 bits per heavy atom. The van der Waals surface area contributed by atoms with Crippen LogP contribution in [0.1, 0.15) is 45.4 Å². The maximum Gasteiger partial charge on any atom is 0.119 e. The zero-order chi connectivity index (χ0) is 6.95. The Morgan fingerprint density at radius 2 is 1.33 bits per heavy atom. The van der Waals surface area contributed by atoms with Crippen LogP contribution in [0.3, 0.4) is 0 Å². The molecule has 1 aliphatic rings. The molecule has 0 heterocycles. The van der Waals surface area contributed by atoms with Crippen molar-refractivity contribution < 1.29 is 4.79 Å². The SMILES string of the molecule is C1CCCC1.CCC=O. The first kappa shape index (κ1) is 8.67. The summed E-state index contributed by atoms with van der Waals surface area (Å²) in [5.74, 6) is 0. The van der Waals surface area contributed by atoms with E-state index in [0.717, 1.165) is 6.29 Å². The fourth-order valence-electron chi connectivity index (χ4n) is 0.884. The maximum atomic E-state index is 9.17. The van der Waals surface area contributed by atoms with E-state index in [4.69, 9.17) is 0 Å². The molecule has 0 N–H and O–H groups in total. The molecule has 1 saturated carbocycles. The van der Waals surface area contributed by atoms with Crippen LogP contribution in [-0.4, -0.2) is 6.29 Å². The number of carbonyl (C=O) groups is 1. The van der Waals surface area contributed by atoms with Gasteiger partial charge in [-0.15, -0.1) is 0 Å². The van der Waals surface area contributed by atoms with Crippen LogP contribution in [0, 0.1) is 0 Å². The third-order valence-electron chi connectivity index (χ3n) is 1.42. The van der Waals surface area contributed by atoms with Crippen molar-refractivity contribution in [1.29, 1.82) is 0 Å². The second-order valence-corrected chi connectivity index (χ2v) is 2.34. The molecule has 0 bridgehead atoms. The molecule has 54 valence electrons. The number of carbonyl (C=O) groups excluding carboxylic acids is 1. The van der Waals surface area contributed by atoms with Crippen LogP contribution in [0.4, 0.5) is 0 Å².